The van der Waals surface area contributed by atoms with Gasteiger partial charge in [0.05, 0.1) is 6.54 Å². The Kier molecular flexibility index (Phi) is 7.61. The SMILES string of the molecule is CC(C)(C)C1CC(C[B]CCCCN=O)C[C@@H](C(C)(C)C)C1. The summed E-state index contributed by atoms with van der Waals surface area (Å²) in [5.74, 6) is 2.55. The summed E-state index contributed by atoms with van der Waals surface area (Å²) in [6.45, 7) is 15.0. The molecule has 0 amide bonds. The third-order valence-electron chi connectivity index (χ3n) is 5.66. The topological polar surface area (TPSA) is 29.4 Å². The van der Waals surface area contributed by atoms with Crippen molar-refractivity contribution in [2.75, 3.05) is 6.54 Å². The fourth-order valence-corrected chi connectivity index (χ4v) is 3.86. The monoisotopic (exact) mass is 306 g/mol. The molecule has 0 bridgehead atoms. The first-order valence-corrected chi connectivity index (χ1v) is 9.25. The molecule has 22 heavy (non-hydrogen) atoms. The van der Waals surface area contributed by atoms with Gasteiger partial charge in [-0.2, -0.15) is 4.91 Å². The summed E-state index contributed by atoms with van der Waals surface area (Å²) in [7, 11) is 2.47. The number of unbranched alkanes of at least 4 members (excludes halogenated alkanes) is 1. The summed E-state index contributed by atoms with van der Waals surface area (Å²) >= 11 is 0. The molecule has 0 saturated heterocycles. The van der Waals surface area contributed by atoms with Gasteiger partial charge in [-0.15, -0.1) is 0 Å². The van der Waals surface area contributed by atoms with Crippen LogP contribution < -0.4 is 0 Å². The smallest absolute Gasteiger partial charge is 0.109 e. The Morgan fingerprint density at radius 1 is 0.909 bits per heavy atom. The van der Waals surface area contributed by atoms with E-state index in [4.69, 9.17) is 0 Å². The van der Waals surface area contributed by atoms with Gasteiger partial charge in [0.1, 0.15) is 7.28 Å². The van der Waals surface area contributed by atoms with Crippen LogP contribution in [0.15, 0.2) is 5.18 Å². The highest BCUT2D eigenvalue weighted by molar-refractivity contribution is 6.35. The van der Waals surface area contributed by atoms with Crippen molar-refractivity contribution < 1.29 is 0 Å². The van der Waals surface area contributed by atoms with Gasteiger partial charge in [0.2, 0.25) is 0 Å². The zero-order valence-corrected chi connectivity index (χ0v) is 15.8. The van der Waals surface area contributed by atoms with Crippen molar-refractivity contribution in [2.45, 2.75) is 86.3 Å². The van der Waals surface area contributed by atoms with E-state index in [2.05, 4.69) is 54.0 Å². The highest BCUT2D eigenvalue weighted by Gasteiger charge is 2.38. The first-order valence-electron chi connectivity index (χ1n) is 9.25. The van der Waals surface area contributed by atoms with Gasteiger partial charge >= 0.3 is 0 Å². The lowest BCUT2D eigenvalue weighted by atomic mass is 9.55. The third kappa shape index (κ3) is 6.83. The molecule has 0 heterocycles. The molecule has 1 rings (SSSR count). The molecule has 0 N–H and O–H groups in total. The van der Waals surface area contributed by atoms with Gasteiger partial charge in [0, 0.05) is 0 Å². The molecule has 3 heteroatoms. The van der Waals surface area contributed by atoms with Gasteiger partial charge in [0.25, 0.3) is 0 Å². The van der Waals surface area contributed by atoms with Gasteiger partial charge < -0.3 is 0 Å². The van der Waals surface area contributed by atoms with Crippen molar-refractivity contribution in [1.82, 2.24) is 0 Å². The predicted octanol–water partition coefficient (Wildman–Crippen LogP) is 6.20. The molecule has 127 valence electrons. The molecule has 1 fully saturated rings. The summed E-state index contributed by atoms with van der Waals surface area (Å²) in [6, 6.07) is 0. The van der Waals surface area contributed by atoms with Gasteiger partial charge in [0.15, 0.2) is 0 Å². The Labute approximate surface area is 139 Å². The minimum absolute atomic E-state index is 0.428. The molecule has 2 nitrogen and oxygen atoms in total. The summed E-state index contributed by atoms with van der Waals surface area (Å²) in [5, 5.41) is 2.93. The lowest BCUT2D eigenvalue weighted by Gasteiger charge is -2.46. The molecule has 1 saturated carbocycles. The number of rotatable bonds is 7. The van der Waals surface area contributed by atoms with E-state index in [9.17, 15) is 4.91 Å². The van der Waals surface area contributed by atoms with Crippen molar-refractivity contribution in [1.29, 1.82) is 0 Å². The van der Waals surface area contributed by atoms with E-state index < -0.39 is 0 Å². The zero-order chi connectivity index (χ0) is 16.8. The largest absolute Gasteiger partial charge is 0.151 e. The van der Waals surface area contributed by atoms with Crippen LogP contribution in [-0.2, 0) is 0 Å². The van der Waals surface area contributed by atoms with Crippen molar-refractivity contribution in [2.24, 2.45) is 33.8 Å². The van der Waals surface area contributed by atoms with Crippen LogP contribution in [0, 0.1) is 33.5 Å². The average molecular weight is 306 g/mol. The van der Waals surface area contributed by atoms with Crippen LogP contribution in [0.2, 0.25) is 12.6 Å². The maximum absolute atomic E-state index is 10.1. The van der Waals surface area contributed by atoms with E-state index in [-0.39, 0.29) is 0 Å². The summed E-state index contributed by atoms with van der Waals surface area (Å²) < 4.78 is 0. The second-order valence-corrected chi connectivity index (χ2v) is 9.57. The molecule has 0 aromatic heterocycles. The van der Waals surface area contributed by atoms with Crippen LogP contribution in [0.1, 0.15) is 73.6 Å². The number of nitrogens with zero attached hydrogens (tertiary/aromatic N) is 1. The van der Waals surface area contributed by atoms with Crippen LogP contribution in [0.3, 0.4) is 0 Å². The lowest BCUT2D eigenvalue weighted by molar-refractivity contribution is 0.0550. The standard InChI is InChI=1S/C19H37BNO/c1-18(2,3)16-11-15(12-17(13-16)19(4,5)6)14-20-9-7-8-10-21-22/h15-17H,7-14H2,1-6H3/t15?,16-,17?/m1/s1. The number of nitroso groups, excluding NO2 is 1. The summed E-state index contributed by atoms with van der Waals surface area (Å²) in [6.07, 6.45) is 8.64. The van der Waals surface area contributed by atoms with E-state index in [0.717, 1.165) is 36.9 Å². The Morgan fingerprint density at radius 3 is 1.91 bits per heavy atom. The zero-order valence-electron chi connectivity index (χ0n) is 15.8. The fourth-order valence-electron chi connectivity index (χ4n) is 3.86. The molecule has 2 unspecified atom stereocenters. The maximum atomic E-state index is 10.1. The summed E-state index contributed by atoms with van der Waals surface area (Å²) in [5.41, 5.74) is 0.857. The van der Waals surface area contributed by atoms with Gasteiger partial charge in [-0.05, 0) is 54.3 Å². The Morgan fingerprint density at radius 2 is 1.45 bits per heavy atom. The summed E-state index contributed by atoms with van der Waals surface area (Å²) in [4.78, 5) is 10.1. The number of hydrogen-bond donors (Lipinski definition) is 0. The predicted molar refractivity (Wildman–Crippen MR) is 98.5 cm³/mol. The van der Waals surface area contributed by atoms with E-state index in [0.29, 0.717) is 17.4 Å². The highest BCUT2D eigenvalue weighted by Crippen LogP contribution is 2.49. The molecular weight excluding hydrogens is 269 g/mol. The Balaban J connectivity index is 2.48. The minimum atomic E-state index is 0.428. The van der Waals surface area contributed by atoms with Crippen LogP contribution in [0.25, 0.3) is 0 Å². The van der Waals surface area contributed by atoms with E-state index in [1.54, 1.807) is 0 Å². The minimum Gasteiger partial charge on any atom is -0.151 e. The second kappa shape index (κ2) is 8.50. The third-order valence-corrected chi connectivity index (χ3v) is 5.66. The van der Waals surface area contributed by atoms with Crippen LogP contribution >= 0.6 is 0 Å². The fraction of sp³-hybridized carbons (Fsp3) is 1.00. The molecule has 1 aliphatic rings. The van der Waals surface area contributed by atoms with Crippen LogP contribution in [0.5, 0.6) is 0 Å². The first-order chi connectivity index (χ1) is 10.1. The van der Waals surface area contributed by atoms with Crippen molar-refractivity contribution in [3.8, 4) is 0 Å². The molecule has 3 atom stereocenters. The van der Waals surface area contributed by atoms with Gasteiger partial charge in [-0.25, -0.2) is 0 Å². The molecule has 0 spiro atoms. The van der Waals surface area contributed by atoms with E-state index in [1.807, 2.05) is 0 Å². The normalized spacial score (nSPS) is 26.7. The van der Waals surface area contributed by atoms with E-state index in [1.165, 1.54) is 25.6 Å². The molecule has 1 radical (unpaired) electrons. The van der Waals surface area contributed by atoms with E-state index >= 15 is 0 Å². The van der Waals surface area contributed by atoms with Gasteiger partial charge in [-0.1, -0.05) is 65.8 Å². The van der Waals surface area contributed by atoms with Crippen LogP contribution in [0.4, 0.5) is 0 Å². The molecular formula is C19H37BNO. The molecule has 0 aromatic rings. The van der Waals surface area contributed by atoms with Crippen LogP contribution in [-0.4, -0.2) is 13.8 Å². The molecule has 0 aromatic carbocycles. The highest BCUT2D eigenvalue weighted by atomic mass is 16.3. The van der Waals surface area contributed by atoms with Crippen molar-refractivity contribution in [3.63, 3.8) is 0 Å². The molecule has 0 aliphatic heterocycles. The molecule has 1 aliphatic carbocycles. The van der Waals surface area contributed by atoms with Crippen molar-refractivity contribution in [3.05, 3.63) is 4.91 Å². The maximum Gasteiger partial charge on any atom is 0.109 e. The van der Waals surface area contributed by atoms with Gasteiger partial charge in [-0.3, -0.25) is 0 Å². The lowest BCUT2D eigenvalue weighted by Crippen LogP contribution is -2.36. The average Bonchev–Trinajstić information content (AvgIpc) is 2.40. The quantitative estimate of drug-likeness (QED) is 0.313. The second-order valence-electron chi connectivity index (χ2n) is 9.57. The Hall–Kier alpha value is -0.335. The number of hydrogen-bond acceptors (Lipinski definition) is 2. The Bertz CT molecular complexity index is 307. The first kappa shape index (κ1) is 19.7. The van der Waals surface area contributed by atoms with Crippen molar-refractivity contribution >= 4 is 7.28 Å².